The Morgan fingerprint density at radius 1 is 1.43 bits per heavy atom. The molecular weight excluding hydrogens is 361 g/mol. The van der Waals surface area contributed by atoms with Crippen LogP contribution in [0.4, 0.5) is 10.1 Å². The Bertz CT molecular complexity index is 787. The monoisotopic (exact) mass is 375 g/mol. The number of aromatic nitrogens is 2. The summed E-state index contributed by atoms with van der Waals surface area (Å²) in [6.45, 7) is 4.22. The topological polar surface area (TPSA) is 78.0 Å². The molecule has 0 radical (unpaired) electrons. The number of sulfone groups is 1. The van der Waals surface area contributed by atoms with Crippen molar-refractivity contribution in [2.24, 2.45) is 0 Å². The summed E-state index contributed by atoms with van der Waals surface area (Å²) in [6.07, 6.45) is 0. The molecule has 2 rings (SSSR count). The molecule has 0 amide bonds. The van der Waals surface area contributed by atoms with Gasteiger partial charge in [-0.15, -0.1) is 0 Å². The molecule has 0 spiro atoms. The standard InChI is InChI=1S/C13H15BrFN3O2S/c1-3-18-11(13(14)8(2)17-18)7-21(19,20)12-5-4-9(15)6-10(12)16/h4-6H,3,7,16H2,1-2H3. The Hall–Kier alpha value is -1.41. The van der Waals surface area contributed by atoms with Gasteiger partial charge in [-0.2, -0.15) is 5.10 Å². The first-order valence-corrected chi connectivity index (χ1v) is 8.70. The van der Waals surface area contributed by atoms with E-state index in [-0.39, 0.29) is 16.3 Å². The molecule has 8 heteroatoms. The molecule has 1 aromatic carbocycles. The third kappa shape index (κ3) is 3.11. The minimum absolute atomic E-state index is 0.0719. The van der Waals surface area contributed by atoms with Crippen LogP contribution >= 0.6 is 15.9 Å². The van der Waals surface area contributed by atoms with E-state index in [2.05, 4.69) is 21.0 Å². The van der Waals surface area contributed by atoms with Crippen molar-refractivity contribution >= 4 is 31.5 Å². The second-order valence-corrected chi connectivity index (χ2v) is 7.35. The zero-order chi connectivity index (χ0) is 15.8. The van der Waals surface area contributed by atoms with Gasteiger partial charge in [-0.25, -0.2) is 12.8 Å². The Morgan fingerprint density at radius 3 is 2.67 bits per heavy atom. The van der Waals surface area contributed by atoms with Gasteiger partial charge in [-0.3, -0.25) is 4.68 Å². The van der Waals surface area contributed by atoms with Crippen LogP contribution in [0.15, 0.2) is 27.6 Å². The molecule has 114 valence electrons. The van der Waals surface area contributed by atoms with Crippen LogP contribution in [-0.2, 0) is 22.1 Å². The Labute approximate surface area is 131 Å². The predicted molar refractivity (Wildman–Crippen MR) is 82.0 cm³/mol. The van der Waals surface area contributed by atoms with Crippen LogP contribution in [0.1, 0.15) is 18.3 Å². The van der Waals surface area contributed by atoms with Gasteiger partial charge in [-0.1, -0.05) is 0 Å². The van der Waals surface area contributed by atoms with E-state index in [1.165, 1.54) is 6.07 Å². The first-order valence-electron chi connectivity index (χ1n) is 6.25. The van der Waals surface area contributed by atoms with Crippen LogP contribution in [0.2, 0.25) is 0 Å². The van der Waals surface area contributed by atoms with Crippen molar-refractivity contribution in [3.05, 3.63) is 39.9 Å². The summed E-state index contributed by atoms with van der Waals surface area (Å²) in [7, 11) is -3.69. The maximum atomic E-state index is 13.1. The fourth-order valence-electron chi connectivity index (χ4n) is 2.07. The van der Waals surface area contributed by atoms with Gasteiger partial charge in [-0.05, 0) is 48.0 Å². The van der Waals surface area contributed by atoms with Crippen molar-refractivity contribution in [3.63, 3.8) is 0 Å². The quantitative estimate of drug-likeness (QED) is 0.658. The molecule has 2 N–H and O–H groups in total. The molecule has 0 unspecified atom stereocenters. The normalized spacial score (nSPS) is 11.8. The maximum absolute atomic E-state index is 13.1. The number of hydrogen-bond donors (Lipinski definition) is 1. The molecule has 0 saturated heterocycles. The molecule has 2 aromatic rings. The fraction of sp³-hybridized carbons (Fsp3) is 0.308. The summed E-state index contributed by atoms with van der Waals surface area (Å²) in [5.74, 6) is -0.819. The van der Waals surface area contributed by atoms with E-state index in [0.717, 1.165) is 12.1 Å². The number of anilines is 1. The zero-order valence-electron chi connectivity index (χ0n) is 11.6. The summed E-state index contributed by atoms with van der Waals surface area (Å²) in [5, 5.41) is 4.26. The van der Waals surface area contributed by atoms with Gasteiger partial charge in [0.1, 0.15) is 5.82 Å². The van der Waals surface area contributed by atoms with Crippen molar-refractivity contribution < 1.29 is 12.8 Å². The Kier molecular flexibility index (Phi) is 4.38. The molecule has 0 aliphatic rings. The molecule has 0 saturated carbocycles. The zero-order valence-corrected chi connectivity index (χ0v) is 14.0. The summed E-state index contributed by atoms with van der Waals surface area (Å²) in [4.78, 5) is -0.0719. The number of nitrogens with two attached hydrogens (primary N) is 1. The highest BCUT2D eigenvalue weighted by Gasteiger charge is 2.23. The Balaban J connectivity index is 2.47. The lowest BCUT2D eigenvalue weighted by atomic mass is 10.3. The van der Waals surface area contributed by atoms with Crippen molar-refractivity contribution in [2.45, 2.75) is 31.0 Å². The van der Waals surface area contributed by atoms with E-state index in [0.29, 0.717) is 22.4 Å². The molecule has 0 aliphatic carbocycles. The van der Waals surface area contributed by atoms with Gasteiger partial charge in [0.2, 0.25) is 0 Å². The van der Waals surface area contributed by atoms with Crippen LogP contribution < -0.4 is 5.73 Å². The van der Waals surface area contributed by atoms with Crippen LogP contribution in [0.5, 0.6) is 0 Å². The van der Waals surface area contributed by atoms with E-state index >= 15 is 0 Å². The lowest BCUT2D eigenvalue weighted by Crippen LogP contribution is -2.12. The molecule has 1 heterocycles. The van der Waals surface area contributed by atoms with Crippen molar-refractivity contribution in [3.8, 4) is 0 Å². The first kappa shape index (κ1) is 16.0. The van der Waals surface area contributed by atoms with E-state index in [1.807, 2.05) is 6.92 Å². The molecule has 5 nitrogen and oxygen atoms in total. The van der Waals surface area contributed by atoms with E-state index in [4.69, 9.17) is 5.73 Å². The second-order valence-electron chi connectivity index (χ2n) is 4.60. The van der Waals surface area contributed by atoms with Crippen molar-refractivity contribution in [1.29, 1.82) is 0 Å². The summed E-state index contributed by atoms with van der Waals surface area (Å²) >= 11 is 3.36. The predicted octanol–water partition coefficient (Wildman–Crippen LogP) is 2.67. The van der Waals surface area contributed by atoms with Gasteiger partial charge in [0.15, 0.2) is 9.84 Å². The van der Waals surface area contributed by atoms with Crippen LogP contribution in [0.25, 0.3) is 0 Å². The number of nitrogens with zero attached hydrogens (tertiary/aromatic N) is 2. The lowest BCUT2D eigenvalue weighted by molar-refractivity contribution is 0.585. The van der Waals surface area contributed by atoms with Crippen LogP contribution in [0, 0.1) is 12.7 Å². The largest absolute Gasteiger partial charge is 0.398 e. The number of hydrogen-bond acceptors (Lipinski definition) is 4. The highest BCUT2D eigenvalue weighted by atomic mass is 79.9. The van der Waals surface area contributed by atoms with E-state index in [1.54, 1.807) is 11.6 Å². The van der Waals surface area contributed by atoms with Gasteiger partial charge in [0, 0.05) is 6.54 Å². The SMILES string of the molecule is CCn1nc(C)c(Br)c1CS(=O)(=O)c1ccc(F)cc1N. The minimum Gasteiger partial charge on any atom is -0.398 e. The van der Waals surface area contributed by atoms with E-state index < -0.39 is 15.7 Å². The minimum atomic E-state index is -3.69. The average Bonchev–Trinajstić information content (AvgIpc) is 2.65. The molecule has 0 bridgehead atoms. The summed E-state index contributed by atoms with van der Waals surface area (Å²) in [6, 6.07) is 3.28. The molecule has 0 atom stereocenters. The number of nitrogen functional groups attached to an aromatic ring is 1. The summed E-state index contributed by atoms with van der Waals surface area (Å²) < 4.78 is 40.3. The van der Waals surface area contributed by atoms with Gasteiger partial charge in [0.05, 0.1) is 32.2 Å². The van der Waals surface area contributed by atoms with Gasteiger partial charge >= 0.3 is 0 Å². The molecular formula is C13H15BrFN3O2S. The number of halogens is 2. The fourth-order valence-corrected chi connectivity index (χ4v) is 4.18. The van der Waals surface area contributed by atoms with Crippen LogP contribution in [0.3, 0.4) is 0 Å². The highest BCUT2D eigenvalue weighted by molar-refractivity contribution is 9.10. The van der Waals surface area contributed by atoms with Crippen molar-refractivity contribution in [2.75, 3.05) is 5.73 Å². The van der Waals surface area contributed by atoms with Crippen LogP contribution in [-0.4, -0.2) is 18.2 Å². The molecule has 0 aliphatic heterocycles. The average molecular weight is 376 g/mol. The molecule has 1 aromatic heterocycles. The van der Waals surface area contributed by atoms with Gasteiger partial charge in [0.25, 0.3) is 0 Å². The lowest BCUT2D eigenvalue weighted by Gasteiger charge is -2.09. The smallest absolute Gasteiger partial charge is 0.186 e. The number of rotatable bonds is 4. The van der Waals surface area contributed by atoms with Crippen molar-refractivity contribution in [1.82, 2.24) is 9.78 Å². The highest BCUT2D eigenvalue weighted by Crippen LogP contribution is 2.28. The number of aryl methyl sites for hydroxylation is 2. The first-order chi connectivity index (χ1) is 9.76. The molecule has 21 heavy (non-hydrogen) atoms. The third-order valence-corrected chi connectivity index (χ3v) is 5.81. The maximum Gasteiger partial charge on any atom is 0.186 e. The molecule has 0 fully saturated rings. The third-order valence-electron chi connectivity index (χ3n) is 3.09. The second kappa shape index (κ2) is 5.76. The van der Waals surface area contributed by atoms with Gasteiger partial charge < -0.3 is 5.73 Å². The number of benzene rings is 1. The summed E-state index contributed by atoms with van der Waals surface area (Å²) in [5.41, 5.74) is 6.80. The van der Waals surface area contributed by atoms with E-state index in [9.17, 15) is 12.8 Å². The Morgan fingerprint density at radius 2 is 2.10 bits per heavy atom.